The van der Waals surface area contributed by atoms with E-state index in [0.717, 1.165) is 16.9 Å². The third kappa shape index (κ3) is 4.04. The van der Waals surface area contributed by atoms with Crippen molar-refractivity contribution in [1.82, 2.24) is 0 Å². The molecule has 6 heteroatoms. The molecule has 1 saturated heterocycles. The summed E-state index contributed by atoms with van der Waals surface area (Å²) in [5, 5.41) is 11.3. The quantitative estimate of drug-likeness (QED) is 0.297. The van der Waals surface area contributed by atoms with Crippen LogP contribution in [-0.4, -0.2) is 23.4 Å². The third-order valence-electron chi connectivity index (χ3n) is 5.74. The van der Waals surface area contributed by atoms with Crippen LogP contribution in [0.4, 0.5) is 5.69 Å². The molecule has 1 unspecified atom stereocenters. The molecular weight excluding hydrogens is 418 g/mol. The Labute approximate surface area is 193 Å². The Hall–Kier alpha value is -3.80. The molecule has 1 aromatic heterocycles. The average Bonchev–Trinajstić information content (AvgIpc) is 3.40. The standard InChI is InChI=1S/C27H27NO5/c1-5-32-21-12-11-18(15-20(21)16(2)3)25(29)23-24(22-10-7-13-33-22)28(27(31)26(23)30)19-9-6-8-17(4)14-19/h6-16,24,29H,5H2,1-4H3/b25-23-. The molecule has 1 atom stereocenters. The van der Waals surface area contributed by atoms with Crippen LogP contribution in [0.5, 0.6) is 5.75 Å². The Balaban J connectivity index is 1.90. The van der Waals surface area contributed by atoms with Crippen molar-refractivity contribution >= 4 is 23.1 Å². The molecule has 0 spiro atoms. The van der Waals surface area contributed by atoms with Crippen molar-refractivity contribution in [3.05, 3.63) is 88.9 Å². The van der Waals surface area contributed by atoms with Crippen molar-refractivity contribution in [2.45, 2.75) is 39.7 Å². The molecule has 4 rings (SSSR count). The second-order valence-electron chi connectivity index (χ2n) is 8.36. The number of anilines is 1. The lowest BCUT2D eigenvalue weighted by Crippen LogP contribution is -2.29. The summed E-state index contributed by atoms with van der Waals surface area (Å²) < 4.78 is 11.3. The molecule has 0 radical (unpaired) electrons. The first-order chi connectivity index (χ1) is 15.8. The van der Waals surface area contributed by atoms with Gasteiger partial charge in [-0.05, 0) is 73.4 Å². The fraction of sp³-hybridized carbons (Fsp3) is 0.259. The molecule has 0 bridgehead atoms. The molecule has 170 valence electrons. The molecule has 1 aliphatic heterocycles. The van der Waals surface area contributed by atoms with Crippen LogP contribution in [-0.2, 0) is 9.59 Å². The molecule has 1 N–H and O–H groups in total. The van der Waals surface area contributed by atoms with Gasteiger partial charge in [0.05, 0.1) is 18.4 Å². The number of benzene rings is 2. The lowest BCUT2D eigenvalue weighted by molar-refractivity contribution is -0.132. The predicted octanol–water partition coefficient (Wildman–Crippen LogP) is 5.74. The highest BCUT2D eigenvalue weighted by molar-refractivity contribution is 6.51. The largest absolute Gasteiger partial charge is 0.507 e. The van der Waals surface area contributed by atoms with E-state index in [9.17, 15) is 14.7 Å². The molecule has 2 heterocycles. The van der Waals surface area contributed by atoms with Gasteiger partial charge in [-0.2, -0.15) is 0 Å². The number of aryl methyl sites for hydroxylation is 1. The van der Waals surface area contributed by atoms with Crippen LogP contribution < -0.4 is 9.64 Å². The van der Waals surface area contributed by atoms with E-state index < -0.39 is 17.7 Å². The number of aliphatic hydroxyl groups excluding tert-OH is 1. The number of nitrogens with zero attached hydrogens (tertiary/aromatic N) is 1. The summed E-state index contributed by atoms with van der Waals surface area (Å²) in [6.45, 7) is 8.40. The Morgan fingerprint density at radius 2 is 1.91 bits per heavy atom. The number of rotatable bonds is 6. The minimum atomic E-state index is -0.879. The molecule has 0 saturated carbocycles. The van der Waals surface area contributed by atoms with E-state index >= 15 is 0 Å². The summed E-state index contributed by atoms with van der Waals surface area (Å²) in [6, 6.07) is 15.1. The molecule has 1 aliphatic rings. The minimum Gasteiger partial charge on any atom is -0.507 e. The van der Waals surface area contributed by atoms with Crippen molar-refractivity contribution in [3.8, 4) is 5.75 Å². The summed E-state index contributed by atoms with van der Waals surface area (Å²) in [4.78, 5) is 27.7. The Kier molecular flexibility index (Phi) is 6.09. The van der Waals surface area contributed by atoms with Crippen molar-refractivity contribution in [3.63, 3.8) is 0 Å². The van der Waals surface area contributed by atoms with Gasteiger partial charge in [-0.25, -0.2) is 0 Å². The van der Waals surface area contributed by atoms with Crippen LogP contribution in [0.25, 0.3) is 5.76 Å². The molecular formula is C27H27NO5. The van der Waals surface area contributed by atoms with Crippen molar-refractivity contribution in [2.75, 3.05) is 11.5 Å². The summed E-state index contributed by atoms with van der Waals surface area (Å²) in [5.41, 5.74) is 2.85. The second kappa shape index (κ2) is 8.98. The molecule has 1 amide bonds. The van der Waals surface area contributed by atoms with E-state index in [-0.39, 0.29) is 17.3 Å². The number of ketones is 1. The zero-order valence-electron chi connectivity index (χ0n) is 19.2. The van der Waals surface area contributed by atoms with Crippen LogP contribution >= 0.6 is 0 Å². The fourth-order valence-corrected chi connectivity index (χ4v) is 4.18. The summed E-state index contributed by atoms with van der Waals surface area (Å²) >= 11 is 0. The Morgan fingerprint density at radius 1 is 1.12 bits per heavy atom. The third-order valence-corrected chi connectivity index (χ3v) is 5.74. The van der Waals surface area contributed by atoms with E-state index in [4.69, 9.17) is 9.15 Å². The van der Waals surface area contributed by atoms with E-state index in [0.29, 0.717) is 23.6 Å². The van der Waals surface area contributed by atoms with Crippen molar-refractivity contribution in [2.24, 2.45) is 0 Å². The predicted molar refractivity (Wildman–Crippen MR) is 126 cm³/mol. The van der Waals surface area contributed by atoms with Crippen LogP contribution in [0.15, 0.2) is 70.9 Å². The van der Waals surface area contributed by atoms with Gasteiger partial charge in [0.25, 0.3) is 11.7 Å². The van der Waals surface area contributed by atoms with Gasteiger partial charge in [0.1, 0.15) is 23.3 Å². The number of ether oxygens (including phenoxy) is 1. The van der Waals surface area contributed by atoms with Gasteiger partial charge in [-0.15, -0.1) is 0 Å². The highest BCUT2D eigenvalue weighted by Crippen LogP contribution is 2.43. The topological polar surface area (TPSA) is 80.0 Å². The van der Waals surface area contributed by atoms with Gasteiger partial charge in [-0.1, -0.05) is 26.0 Å². The normalized spacial score (nSPS) is 17.7. The van der Waals surface area contributed by atoms with Gasteiger partial charge in [0.15, 0.2) is 0 Å². The second-order valence-corrected chi connectivity index (χ2v) is 8.36. The number of hydrogen-bond acceptors (Lipinski definition) is 5. The maximum absolute atomic E-state index is 13.2. The van der Waals surface area contributed by atoms with Gasteiger partial charge in [0.2, 0.25) is 0 Å². The zero-order chi connectivity index (χ0) is 23.7. The first-order valence-corrected chi connectivity index (χ1v) is 11.0. The van der Waals surface area contributed by atoms with Gasteiger partial charge in [-0.3, -0.25) is 14.5 Å². The summed E-state index contributed by atoms with van der Waals surface area (Å²) in [6.07, 6.45) is 1.49. The van der Waals surface area contributed by atoms with Gasteiger partial charge >= 0.3 is 0 Å². The lowest BCUT2D eigenvalue weighted by Gasteiger charge is -2.23. The van der Waals surface area contributed by atoms with Gasteiger partial charge < -0.3 is 14.3 Å². The van der Waals surface area contributed by atoms with Crippen LogP contribution in [0, 0.1) is 6.92 Å². The molecule has 1 fully saturated rings. The lowest BCUT2D eigenvalue weighted by atomic mass is 9.95. The maximum Gasteiger partial charge on any atom is 0.300 e. The number of hydrogen-bond donors (Lipinski definition) is 1. The molecule has 3 aromatic rings. The molecule has 2 aromatic carbocycles. The smallest absolute Gasteiger partial charge is 0.300 e. The number of furan rings is 1. The molecule has 0 aliphatic carbocycles. The highest BCUT2D eigenvalue weighted by Gasteiger charge is 2.48. The van der Waals surface area contributed by atoms with E-state index in [1.807, 2.05) is 52.0 Å². The van der Waals surface area contributed by atoms with Crippen molar-refractivity contribution < 1.29 is 23.8 Å². The number of carbonyl (C=O) groups excluding carboxylic acids is 2. The average molecular weight is 446 g/mol. The highest BCUT2D eigenvalue weighted by atomic mass is 16.5. The molecule has 33 heavy (non-hydrogen) atoms. The van der Waals surface area contributed by atoms with E-state index in [1.54, 1.807) is 30.3 Å². The number of Topliss-reactive ketones (excluding diaryl/α,β-unsaturated/α-hetero) is 1. The molecule has 6 nitrogen and oxygen atoms in total. The first-order valence-electron chi connectivity index (χ1n) is 11.0. The number of amides is 1. The zero-order valence-corrected chi connectivity index (χ0v) is 19.2. The SMILES string of the molecule is CCOc1ccc(/C(O)=C2/C(=O)C(=O)N(c3cccc(C)c3)C2c2ccco2)cc1C(C)C. The van der Waals surface area contributed by atoms with E-state index in [1.165, 1.54) is 11.2 Å². The summed E-state index contributed by atoms with van der Waals surface area (Å²) in [5.74, 6) is -0.446. The number of aliphatic hydroxyl groups is 1. The van der Waals surface area contributed by atoms with Gasteiger partial charge in [0, 0.05) is 11.3 Å². The van der Waals surface area contributed by atoms with E-state index in [2.05, 4.69) is 0 Å². The van der Waals surface area contributed by atoms with Crippen molar-refractivity contribution in [1.29, 1.82) is 0 Å². The van der Waals surface area contributed by atoms with Crippen LogP contribution in [0.1, 0.15) is 55.2 Å². The van der Waals surface area contributed by atoms with Crippen LogP contribution in [0.3, 0.4) is 0 Å². The maximum atomic E-state index is 13.2. The van der Waals surface area contributed by atoms with Crippen LogP contribution in [0.2, 0.25) is 0 Å². The fourth-order valence-electron chi connectivity index (χ4n) is 4.18. The Morgan fingerprint density at radius 3 is 2.55 bits per heavy atom. The number of carbonyl (C=O) groups is 2. The Bertz CT molecular complexity index is 1220. The minimum absolute atomic E-state index is 0.00433. The monoisotopic (exact) mass is 445 g/mol. The summed E-state index contributed by atoms with van der Waals surface area (Å²) in [7, 11) is 0. The first kappa shape index (κ1) is 22.4.